The highest BCUT2D eigenvalue weighted by Gasteiger charge is 2.20. The van der Waals surface area contributed by atoms with Crippen molar-refractivity contribution in [3.63, 3.8) is 0 Å². The zero-order valence-corrected chi connectivity index (χ0v) is 13.7. The predicted octanol–water partition coefficient (Wildman–Crippen LogP) is 1.56. The van der Waals surface area contributed by atoms with Crippen molar-refractivity contribution in [2.45, 2.75) is 17.9 Å². The van der Waals surface area contributed by atoms with E-state index in [1.807, 2.05) is 6.07 Å². The number of fused-ring (bicyclic) bond motifs is 1. The smallest absolute Gasteiger partial charge is 0.265 e. The predicted molar refractivity (Wildman–Crippen MR) is 87.7 cm³/mol. The number of hydrogen-bond acceptors (Lipinski definition) is 5. The van der Waals surface area contributed by atoms with E-state index in [1.165, 1.54) is 29.3 Å². The van der Waals surface area contributed by atoms with Gasteiger partial charge in [-0.1, -0.05) is 0 Å². The number of benzene rings is 1. The van der Waals surface area contributed by atoms with E-state index in [9.17, 15) is 12.8 Å². The fraction of sp³-hybridized carbons (Fsp3) is 0.200. The third-order valence-electron chi connectivity index (χ3n) is 3.61. The van der Waals surface area contributed by atoms with Crippen LogP contribution in [0, 0.1) is 17.1 Å². The molecular weight excluding hydrogens is 349 g/mol. The molecule has 0 aliphatic rings. The Bertz CT molecular complexity index is 1060. The summed E-state index contributed by atoms with van der Waals surface area (Å²) in [7, 11) is -3.94. The normalized spacial score (nSPS) is 11.6. The molecule has 3 aromatic rings. The van der Waals surface area contributed by atoms with Gasteiger partial charge in [0, 0.05) is 25.5 Å². The average Bonchev–Trinajstić information content (AvgIpc) is 3.23. The van der Waals surface area contributed by atoms with Crippen molar-refractivity contribution in [3.05, 3.63) is 42.1 Å². The molecule has 0 unspecified atom stereocenters. The molecule has 0 aliphatic carbocycles. The Morgan fingerprint density at radius 2 is 2.24 bits per heavy atom. The molecule has 0 saturated carbocycles. The van der Waals surface area contributed by atoms with Gasteiger partial charge in [-0.05, 0) is 18.6 Å². The van der Waals surface area contributed by atoms with Gasteiger partial charge in [0.25, 0.3) is 10.0 Å². The molecule has 0 radical (unpaired) electrons. The first-order valence-electron chi connectivity index (χ1n) is 7.32. The van der Waals surface area contributed by atoms with Crippen molar-refractivity contribution in [3.8, 4) is 6.07 Å². The van der Waals surface area contributed by atoms with Gasteiger partial charge in [-0.2, -0.15) is 10.4 Å². The molecule has 3 rings (SSSR count). The summed E-state index contributed by atoms with van der Waals surface area (Å²) in [6, 6.07) is 4.23. The summed E-state index contributed by atoms with van der Waals surface area (Å²) in [6.45, 7) is 0.358. The maximum Gasteiger partial charge on any atom is 0.265 e. The van der Waals surface area contributed by atoms with E-state index in [0.29, 0.717) is 13.0 Å². The van der Waals surface area contributed by atoms with Gasteiger partial charge < -0.3 is 10.1 Å². The van der Waals surface area contributed by atoms with Crippen molar-refractivity contribution < 1.29 is 17.9 Å². The summed E-state index contributed by atoms with van der Waals surface area (Å²) in [4.78, 5) is 2.66. The molecule has 1 aromatic carbocycles. The quantitative estimate of drug-likeness (QED) is 0.613. The second-order valence-electron chi connectivity index (χ2n) is 5.28. The molecule has 2 aromatic heterocycles. The van der Waals surface area contributed by atoms with Gasteiger partial charge in [-0.15, -0.1) is 0 Å². The molecule has 0 atom stereocenters. The largest absolute Gasteiger partial charge is 0.396 e. The Morgan fingerprint density at radius 3 is 2.96 bits per heavy atom. The van der Waals surface area contributed by atoms with Crippen LogP contribution < -0.4 is 4.72 Å². The number of aromatic nitrogens is 3. The average molecular weight is 363 g/mol. The summed E-state index contributed by atoms with van der Waals surface area (Å²) in [5, 5.41) is 21.8. The van der Waals surface area contributed by atoms with Crippen LogP contribution in [0.2, 0.25) is 0 Å². The molecule has 0 amide bonds. The van der Waals surface area contributed by atoms with Crippen molar-refractivity contribution in [1.82, 2.24) is 14.8 Å². The van der Waals surface area contributed by atoms with Crippen LogP contribution in [0.25, 0.3) is 10.9 Å². The molecule has 0 aliphatic heterocycles. The number of nitrogens with one attached hydrogen (secondary N) is 2. The molecule has 130 valence electrons. The minimum atomic E-state index is -3.94. The summed E-state index contributed by atoms with van der Waals surface area (Å²) in [5.41, 5.74) is 0.402. The lowest BCUT2D eigenvalue weighted by Crippen LogP contribution is -2.13. The lowest BCUT2D eigenvalue weighted by atomic mass is 10.1. The van der Waals surface area contributed by atoms with Crippen LogP contribution in [-0.4, -0.2) is 34.9 Å². The maximum atomic E-state index is 13.9. The summed E-state index contributed by atoms with van der Waals surface area (Å²) in [6.07, 6.45) is 4.30. The number of nitriles is 1. The molecule has 10 heteroatoms. The van der Waals surface area contributed by atoms with Crippen LogP contribution in [0.5, 0.6) is 0 Å². The minimum Gasteiger partial charge on any atom is -0.396 e. The molecule has 0 bridgehead atoms. The fourth-order valence-electron chi connectivity index (χ4n) is 2.42. The van der Waals surface area contributed by atoms with E-state index >= 15 is 0 Å². The monoisotopic (exact) mass is 363 g/mol. The van der Waals surface area contributed by atoms with Crippen LogP contribution in [-0.2, 0) is 16.6 Å². The Balaban J connectivity index is 1.95. The Hall–Kier alpha value is -2.90. The van der Waals surface area contributed by atoms with Crippen LogP contribution in [0.1, 0.15) is 12.0 Å². The molecule has 25 heavy (non-hydrogen) atoms. The number of H-pyrrole nitrogens is 1. The number of aromatic amines is 1. The van der Waals surface area contributed by atoms with Gasteiger partial charge in [0.15, 0.2) is 0 Å². The fourth-order valence-corrected chi connectivity index (χ4v) is 3.45. The number of aliphatic hydroxyl groups is 1. The van der Waals surface area contributed by atoms with E-state index in [-0.39, 0.29) is 33.7 Å². The summed E-state index contributed by atoms with van der Waals surface area (Å²) in [5.74, 6) is -0.618. The number of anilines is 1. The first-order chi connectivity index (χ1) is 12.0. The van der Waals surface area contributed by atoms with Crippen LogP contribution in [0.15, 0.2) is 35.6 Å². The molecule has 2 heterocycles. The van der Waals surface area contributed by atoms with Crippen LogP contribution in [0.4, 0.5) is 10.1 Å². The highest BCUT2D eigenvalue weighted by Crippen LogP contribution is 2.29. The van der Waals surface area contributed by atoms with Gasteiger partial charge in [0.05, 0.1) is 28.4 Å². The minimum absolute atomic E-state index is 0.0260. The molecular formula is C15H14FN5O3S. The SMILES string of the molecule is N#Cc1c[nH]c2c(NS(=O)(=O)c3cnn(CCCO)c3)ccc(F)c12. The van der Waals surface area contributed by atoms with E-state index in [0.717, 1.165) is 6.07 Å². The standard InChI is InChI=1S/C15H14FN5O3S/c16-12-2-3-13(15-14(12)10(6-17)7-18-15)20-25(23,24)11-8-19-21(9-11)4-1-5-22/h2-3,7-9,18,20,22H,1,4-5H2. The third-order valence-corrected chi connectivity index (χ3v) is 4.93. The lowest BCUT2D eigenvalue weighted by Gasteiger charge is -2.08. The first kappa shape index (κ1) is 16.9. The zero-order valence-electron chi connectivity index (χ0n) is 12.9. The van der Waals surface area contributed by atoms with Gasteiger partial charge in [0.2, 0.25) is 0 Å². The summed E-state index contributed by atoms with van der Waals surface area (Å²) < 4.78 is 42.7. The van der Waals surface area contributed by atoms with Gasteiger partial charge >= 0.3 is 0 Å². The molecule has 0 fully saturated rings. The number of aryl methyl sites for hydroxylation is 1. The van der Waals surface area contributed by atoms with Crippen LogP contribution >= 0.6 is 0 Å². The lowest BCUT2D eigenvalue weighted by molar-refractivity contribution is 0.277. The first-order valence-corrected chi connectivity index (χ1v) is 8.80. The number of hydrogen-bond donors (Lipinski definition) is 3. The number of aliphatic hydroxyl groups excluding tert-OH is 1. The molecule has 0 spiro atoms. The van der Waals surface area contributed by atoms with E-state index in [1.54, 1.807) is 0 Å². The van der Waals surface area contributed by atoms with Gasteiger partial charge in [0.1, 0.15) is 16.8 Å². The second-order valence-corrected chi connectivity index (χ2v) is 6.96. The number of nitrogens with zero attached hydrogens (tertiary/aromatic N) is 3. The highest BCUT2D eigenvalue weighted by atomic mass is 32.2. The van der Waals surface area contributed by atoms with Crippen molar-refractivity contribution in [2.75, 3.05) is 11.3 Å². The number of halogens is 1. The zero-order chi connectivity index (χ0) is 18.0. The van der Waals surface area contributed by atoms with E-state index in [4.69, 9.17) is 10.4 Å². The number of rotatable bonds is 6. The Labute approximate surface area is 142 Å². The molecule has 8 nitrogen and oxygen atoms in total. The van der Waals surface area contributed by atoms with Gasteiger partial charge in [-0.25, -0.2) is 12.8 Å². The van der Waals surface area contributed by atoms with Gasteiger partial charge in [-0.3, -0.25) is 9.40 Å². The van der Waals surface area contributed by atoms with E-state index in [2.05, 4.69) is 14.8 Å². The van der Waals surface area contributed by atoms with Crippen LogP contribution in [0.3, 0.4) is 0 Å². The summed E-state index contributed by atoms with van der Waals surface area (Å²) >= 11 is 0. The molecule has 3 N–H and O–H groups in total. The Morgan fingerprint density at radius 1 is 1.44 bits per heavy atom. The maximum absolute atomic E-state index is 13.9. The topological polar surface area (TPSA) is 124 Å². The second kappa shape index (κ2) is 6.54. The van der Waals surface area contributed by atoms with Crippen molar-refractivity contribution in [1.29, 1.82) is 5.26 Å². The number of sulfonamides is 1. The van der Waals surface area contributed by atoms with Crippen molar-refractivity contribution in [2.24, 2.45) is 0 Å². The Kier molecular flexibility index (Phi) is 4.43. The van der Waals surface area contributed by atoms with Crippen molar-refractivity contribution >= 4 is 26.6 Å². The third kappa shape index (κ3) is 3.19. The highest BCUT2D eigenvalue weighted by molar-refractivity contribution is 7.92. The van der Waals surface area contributed by atoms with E-state index < -0.39 is 15.8 Å². The molecule has 0 saturated heterocycles.